The third kappa shape index (κ3) is 2.68. The van der Waals surface area contributed by atoms with E-state index in [2.05, 4.69) is 25.9 Å². The minimum Gasteiger partial charge on any atom is -0.489 e. The van der Waals surface area contributed by atoms with Crippen LogP contribution in [-0.4, -0.2) is 23.2 Å². The molecule has 2 N–H and O–H groups in total. The lowest BCUT2D eigenvalue weighted by atomic mass is 10.1. The Labute approximate surface area is 131 Å². The Bertz CT molecular complexity index is 681. The molecule has 0 saturated heterocycles. The number of fused-ring (bicyclic) bond motifs is 1. The van der Waals surface area contributed by atoms with E-state index in [1.807, 2.05) is 26.0 Å². The van der Waals surface area contributed by atoms with Crippen molar-refractivity contribution in [3.8, 4) is 22.9 Å². The molecular formula is C15H16BrN3O2. The molecule has 0 unspecified atom stereocenters. The average Bonchev–Trinajstić information content (AvgIpc) is 2.69. The van der Waals surface area contributed by atoms with Crippen LogP contribution in [0.3, 0.4) is 0 Å². The number of halogens is 1. The SMILES string of the molecule is Cc1nc(-c2cc(Br)c3c(c2)OCCCO3)nc(N)c1C. The zero-order valence-corrected chi connectivity index (χ0v) is 13.5. The van der Waals surface area contributed by atoms with Crippen molar-refractivity contribution in [1.82, 2.24) is 9.97 Å². The second kappa shape index (κ2) is 5.52. The number of aryl methyl sites for hydroxylation is 1. The van der Waals surface area contributed by atoms with Crippen LogP contribution < -0.4 is 15.2 Å². The van der Waals surface area contributed by atoms with Crippen molar-refractivity contribution in [1.29, 1.82) is 0 Å². The number of nitrogens with zero attached hydrogens (tertiary/aromatic N) is 2. The molecule has 0 amide bonds. The summed E-state index contributed by atoms with van der Waals surface area (Å²) in [5.74, 6) is 2.53. The van der Waals surface area contributed by atoms with Crippen molar-refractivity contribution < 1.29 is 9.47 Å². The summed E-state index contributed by atoms with van der Waals surface area (Å²) in [5.41, 5.74) is 8.57. The molecule has 2 heterocycles. The van der Waals surface area contributed by atoms with Gasteiger partial charge in [-0.05, 0) is 41.9 Å². The van der Waals surface area contributed by atoms with Crippen LogP contribution in [0.2, 0.25) is 0 Å². The summed E-state index contributed by atoms with van der Waals surface area (Å²) in [6.45, 7) is 5.13. The van der Waals surface area contributed by atoms with Crippen LogP contribution in [-0.2, 0) is 0 Å². The Balaban J connectivity index is 2.11. The first kappa shape index (κ1) is 14.1. The van der Waals surface area contributed by atoms with Gasteiger partial charge in [0, 0.05) is 23.2 Å². The van der Waals surface area contributed by atoms with Crippen LogP contribution >= 0.6 is 15.9 Å². The molecule has 2 aromatic rings. The monoisotopic (exact) mass is 349 g/mol. The van der Waals surface area contributed by atoms with Crippen molar-refractivity contribution in [2.45, 2.75) is 20.3 Å². The Kier molecular flexibility index (Phi) is 3.71. The Morgan fingerprint density at radius 1 is 1.14 bits per heavy atom. The van der Waals surface area contributed by atoms with Gasteiger partial charge in [-0.2, -0.15) is 0 Å². The van der Waals surface area contributed by atoms with E-state index in [0.29, 0.717) is 30.6 Å². The molecule has 0 saturated carbocycles. The van der Waals surface area contributed by atoms with Crippen LogP contribution in [0.25, 0.3) is 11.4 Å². The molecule has 0 fully saturated rings. The number of rotatable bonds is 1. The van der Waals surface area contributed by atoms with Gasteiger partial charge in [0.25, 0.3) is 0 Å². The molecule has 5 nitrogen and oxygen atoms in total. The molecule has 1 aromatic carbocycles. The lowest BCUT2D eigenvalue weighted by Crippen LogP contribution is -2.02. The summed E-state index contributed by atoms with van der Waals surface area (Å²) in [5, 5.41) is 0. The van der Waals surface area contributed by atoms with E-state index in [4.69, 9.17) is 15.2 Å². The van der Waals surface area contributed by atoms with E-state index >= 15 is 0 Å². The van der Waals surface area contributed by atoms with Gasteiger partial charge < -0.3 is 15.2 Å². The summed E-state index contributed by atoms with van der Waals surface area (Å²) >= 11 is 3.52. The summed E-state index contributed by atoms with van der Waals surface area (Å²) in [6, 6.07) is 3.83. The molecule has 0 atom stereocenters. The second-order valence-corrected chi connectivity index (χ2v) is 5.83. The number of anilines is 1. The zero-order valence-electron chi connectivity index (χ0n) is 11.9. The van der Waals surface area contributed by atoms with Gasteiger partial charge in [-0.3, -0.25) is 0 Å². The molecule has 0 radical (unpaired) electrons. The summed E-state index contributed by atoms with van der Waals surface area (Å²) < 4.78 is 12.3. The second-order valence-electron chi connectivity index (χ2n) is 4.98. The van der Waals surface area contributed by atoms with Crippen LogP contribution in [0.1, 0.15) is 17.7 Å². The maximum absolute atomic E-state index is 5.94. The molecule has 0 bridgehead atoms. The molecule has 0 aliphatic carbocycles. The normalized spacial score (nSPS) is 13.9. The highest BCUT2D eigenvalue weighted by Crippen LogP contribution is 2.40. The van der Waals surface area contributed by atoms with Crippen molar-refractivity contribution >= 4 is 21.7 Å². The van der Waals surface area contributed by atoms with E-state index in [9.17, 15) is 0 Å². The van der Waals surface area contributed by atoms with E-state index < -0.39 is 0 Å². The van der Waals surface area contributed by atoms with Gasteiger partial charge >= 0.3 is 0 Å². The Morgan fingerprint density at radius 2 is 1.90 bits per heavy atom. The van der Waals surface area contributed by atoms with Gasteiger partial charge in [0.15, 0.2) is 17.3 Å². The highest BCUT2D eigenvalue weighted by molar-refractivity contribution is 9.10. The molecule has 3 rings (SSSR count). The minimum atomic E-state index is 0.501. The lowest BCUT2D eigenvalue weighted by molar-refractivity contribution is 0.296. The fourth-order valence-corrected chi connectivity index (χ4v) is 2.70. The van der Waals surface area contributed by atoms with Gasteiger partial charge in [0.2, 0.25) is 0 Å². The first-order valence-electron chi connectivity index (χ1n) is 6.76. The smallest absolute Gasteiger partial charge is 0.175 e. The van der Waals surface area contributed by atoms with Crippen molar-refractivity contribution in [2.24, 2.45) is 0 Å². The number of benzene rings is 1. The maximum atomic E-state index is 5.94. The number of ether oxygens (including phenoxy) is 2. The molecule has 1 aromatic heterocycles. The highest BCUT2D eigenvalue weighted by atomic mass is 79.9. The fraction of sp³-hybridized carbons (Fsp3) is 0.333. The summed E-state index contributed by atoms with van der Waals surface area (Å²) in [7, 11) is 0. The largest absolute Gasteiger partial charge is 0.489 e. The van der Waals surface area contributed by atoms with E-state index in [1.54, 1.807) is 0 Å². The van der Waals surface area contributed by atoms with E-state index in [0.717, 1.165) is 33.5 Å². The number of aromatic nitrogens is 2. The van der Waals surface area contributed by atoms with Crippen LogP contribution in [0, 0.1) is 13.8 Å². The molecule has 21 heavy (non-hydrogen) atoms. The number of hydrogen-bond donors (Lipinski definition) is 1. The zero-order chi connectivity index (χ0) is 15.0. The predicted molar refractivity (Wildman–Crippen MR) is 84.7 cm³/mol. The average molecular weight is 350 g/mol. The standard InChI is InChI=1S/C15H16BrN3O2/c1-8-9(2)18-15(19-14(8)17)10-6-11(16)13-12(7-10)20-4-3-5-21-13/h6-7H,3-5H2,1-2H3,(H2,17,18,19). The van der Waals surface area contributed by atoms with Gasteiger partial charge in [-0.1, -0.05) is 0 Å². The number of nitrogens with two attached hydrogens (primary N) is 1. The van der Waals surface area contributed by atoms with Gasteiger partial charge in [0.05, 0.1) is 17.7 Å². The Morgan fingerprint density at radius 3 is 2.67 bits per heavy atom. The molecule has 110 valence electrons. The first-order chi connectivity index (χ1) is 10.1. The summed E-state index contributed by atoms with van der Waals surface area (Å²) in [4.78, 5) is 8.88. The number of hydrogen-bond acceptors (Lipinski definition) is 5. The first-order valence-corrected chi connectivity index (χ1v) is 7.56. The predicted octanol–water partition coefficient (Wildman–Crippen LogP) is 3.27. The van der Waals surface area contributed by atoms with Crippen molar-refractivity contribution in [3.05, 3.63) is 27.9 Å². The quantitative estimate of drug-likeness (QED) is 0.855. The van der Waals surface area contributed by atoms with E-state index in [-0.39, 0.29) is 0 Å². The van der Waals surface area contributed by atoms with Crippen LogP contribution in [0.4, 0.5) is 5.82 Å². The van der Waals surface area contributed by atoms with E-state index in [1.165, 1.54) is 0 Å². The lowest BCUT2D eigenvalue weighted by Gasteiger charge is -2.12. The molecule has 1 aliphatic heterocycles. The van der Waals surface area contributed by atoms with Crippen molar-refractivity contribution in [3.63, 3.8) is 0 Å². The molecule has 6 heteroatoms. The topological polar surface area (TPSA) is 70.3 Å². The molecular weight excluding hydrogens is 334 g/mol. The van der Waals surface area contributed by atoms with Gasteiger partial charge in [-0.15, -0.1) is 0 Å². The third-order valence-electron chi connectivity index (χ3n) is 3.49. The Hall–Kier alpha value is -1.82. The maximum Gasteiger partial charge on any atom is 0.175 e. The van der Waals surface area contributed by atoms with Crippen LogP contribution in [0.15, 0.2) is 16.6 Å². The molecule has 1 aliphatic rings. The fourth-order valence-electron chi connectivity index (χ4n) is 2.14. The molecule has 0 spiro atoms. The highest BCUT2D eigenvalue weighted by Gasteiger charge is 2.17. The van der Waals surface area contributed by atoms with Crippen LogP contribution in [0.5, 0.6) is 11.5 Å². The minimum absolute atomic E-state index is 0.501. The van der Waals surface area contributed by atoms with Gasteiger partial charge in [0.1, 0.15) is 5.82 Å². The van der Waals surface area contributed by atoms with Gasteiger partial charge in [-0.25, -0.2) is 9.97 Å². The third-order valence-corrected chi connectivity index (χ3v) is 4.08. The number of nitrogen functional groups attached to an aromatic ring is 1. The van der Waals surface area contributed by atoms with Crippen molar-refractivity contribution in [2.75, 3.05) is 18.9 Å². The summed E-state index contributed by atoms with van der Waals surface area (Å²) in [6.07, 6.45) is 0.865.